The highest BCUT2D eigenvalue weighted by Gasteiger charge is 2.22. The lowest BCUT2D eigenvalue weighted by molar-refractivity contribution is -0.138. The van der Waals surface area contributed by atoms with Crippen molar-refractivity contribution in [1.82, 2.24) is 4.90 Å². The molecule has 0 bridgehead atoms. The van der Waals surface area contributed by atoms with Crippen LogP contribution in [0.5, 0.6) is 0 Å². The van der Waals surface area contributed by atoms with Crippen molar-refractivity contribution in [2.24, 2.45) is 11.7 Å². The maximum absolute atomic E-state index is 11.8. The van der Waals surface area contributed by atoms with Crippen LogP contribution in [0, 0.1) is 5.92 Å². The van der Waals surface area contributed by atoms with Gasteiger partial charge < -0.3 is 20.1 Å². The number of methoxy groups -OCH3 is 1. The molecule has 1 saturated heterocycles. The summed E-state index contributed by atoms with van der Waals surface area (Å²) in [5.41, 5.74) is 5.55. The summed E-state index contributed by atoms with van der Waals surface area (Å²) in [5, 5.41) is 0. The second-order valence-electron chi connectivity index (χ2n) is 4.47. The minimum absolute atomic E-state index is 0. The Morgan fingerprint density at radius 2 is 2.22 bits per heavy atom. The average Bonchev–Trinajstić information content (AvgIpc) is 2.35. The largest absolute Gasteiger partial charge is 0.382 e. The van der Waals surface area contributed by atoms with E-state index in [0.29, 0.717) is 25.7 Å². The Kier molecular flexibility index (Phi) is 10.3. The number of piperidine rings is 1. The van der Waals surface area contributed by atoms with Gasteiger partial charge in [0.1, 0.15) is 6.61 Å². The normalized spacial score (nSPS) is 19.4. The molecule has 6 heteroatoms. The van der Waals surface area contributed by atoms with Crippen LogP contribution in [0.3, 0.4) is 0 Å². The molecule has 1 heterocycles. The Balaban J connectivity index is 0.00000289. The Hall–Kier alpha value is -0.360. The van der Waals surface area contributed by atoms with Gasteiger partial charge >= 0.3 is 0 Å². The molecule has 1 rings (SSSR count). The molecule has 0 aromatic heterocycles. The van der Waals surface area contributed by atoms with Gasteiger partial charge in [-0.1, -0.05) is 0 Å². The molecule has 5 nitrogen and oxygen atoms in total. The van der Waals surface area contributed by atoms with E-state index in [4.69, 9.17) is 15.2 Å². The standard InChI is InChI=1S/C12H24N2O3.ClH/c1-16-7-8-17-10-12(15)14-6-2-3-11(9-14)4-5-13;/h11H,2-10,13H2,1H3;1H. The minimum atomic E-state index is 0. The molecule has 0 radical (unpaired) electrons. The lowest BCUT2D eigenvalue weighted by Gasteiger charge is -2.32. The number of carbonyl (C=O) groups is 1. The number of rotatable bonds is 7. The number of nitrogens with two attached hydrogens (primary N) is 1. The number of likely N-dealkylation sites (tertiary alicyclic amines) is 1. The van der Waals surface area contributed by atoms with Gasteiger partial charge in [-0.2, -0.15) is 0 Å². The van der Waals surface area contributed by atoms with Gasteiger partial charge in [-0.3, -0.25) is 4.79 Å². The van der Waals surface area contributed by atoms with Crippen molar-refractivity contribution in [3.63, 3.8) is 0 Å². The molecule has 0 aliphatic carbocycles. The number of hydrogen-bond acceptors (Lipinski definition) is 4. The van der Waals surface area contributed by atoms with E-state index in [1.165, 1.54) is 6.42 Å². The summed E-state index contributed by atoms with van der Waals surface area (Å²) in [7, 11) is 1.62. The van der Waals surface area contributed by atoms with Gasteiger partial charge in [0, 0.05) is 20.2 Å². The molecule has 1 unspecified atom stereocenters. The van der Waals surface area contributed by atoms with Gasteiger partial charge in [-0.25, -0.2) is 0 Å². The second-order valence-corrected chi connectivity index (χ2v) is 4.47. The molecule has 1 aliphatic rings. The Morgan fingerprint density at radius 3 is 2.89 bits per heavy atom. The van der Waals surface area contributed by atoms with Crippen LogP contribution in [-0.4, -0.2) is 57.4 Å². The van der Waals surface area contributed by atoms with Crippen molar-refractivity contribution in [3.05, 3.63) is 0 Å². The third kappa shape index (κ3) is 6.54. The molecule has 1 aliphatic heterocycles. The van der Waals surface area contributed by atoms with Crippen molar-refractivity contribution in [1.29, 1.82) is 0 Å². The SMILES string of the molecule is COCCOCC(=O)N1CCCC(CCN)C1.Cl. The number of nitrogens with zero attached hydrogens (tertiary/aromatic N) is 1. The Bertz CT molecular complexity index is 227. The minimum Gasteiger partial charge on any atom is -0.382 e. The smallest absolute Gasteiger partial charge is 0.248 e. The van der Waals surface area contributed by atoms with Gasteiger partial charge in [-0.15, -0.1) is 12.4 Å². The fourth-order valence-corrected chi connectivity index (χ4v) is 2.16. The van der Waals surface area contributed by atoms with Crippen LogP contribution in [0.1, 0.15) is 19.3 Å². The molecule has 2 N–H and O–H groups in total. The molecule has 1 amide bonds. The molecule has 108 valence electrons. The van der Waals surface area contributed by atoms with E-state index in [1.807, 2.05) is 4.90 Å². The first kappa shape index (κ1) is 17.6. The fraction of sp³-hybridized carbons (Fsp3) is 0.917. The van der Waals surface area contributed by atoms with Crippen LogP contribution < -0.4 is 5.73 Å². The zero-order chi connectivity index (χ0) is 12.5. The predicted octanol–water partition coefficient (Wildman–Crippen LogP) is 0.659. The lowest BCUT2D eigenvalue weighted by atomic mass is 9.95. The number of carbonyl (C=O) groups excluding carboxylic acids is 1. The quantitative estimate of drug-likeness (QED) is 0.696. The summed E-state index contributed by atoms with van der Waals surface area (Å²) in [5.74, 6) is 0.652. The lowest BCUT2D eigenvalue weighted by Crippen LogP contribution is -2.42. The number of amides is 1. The van der Waals surface area contributed by atoms with Crippen molar-refractivity contribution < 1.29 is 14.3 Å². The Labute approximate surface area is 115 Å². The van der Waals surface area contributed by atoms with E-state index in [0.717, 1.165) is 25.9 Å². The molecular weight excluding hydrogens is 256 g/mol. The molecule has 0 saturated carbocycles. The molecule has 18 heavy (non-hydrogen) atoms. The van der Waals surface area contributed by atoms with E-state index in [1.54, 1.807) is 7.11 Å². The highest BCUT2D eigenvalue weighted by molar-refractivity contribution is 5.85. The molecular formula is C12H25ClN2O3. The van der Waals surface area contributed by atoms with Gasteiger partial charge in [0.05, 0.1) is 13.2 Å². The van der Waals surface area contributed by atoms with Gasteiger partial charge in [0.2, 0.25) is 5.91 Å². The second kappa shape index (κ2) is 10.6. The Morgan fingerprint density at radius 1 is 1.44 bits per heavy atom. The monoisotopic (exact) mass is 280 g/mol. The van der Waals surface area contributed by atoms with Crippen LogP contribution >= 0.6 is 12.4 Å². The van der Waals surface area contributed by atoms with E-state index in [2.05, 4.69) is 0 Å². The van der Waals surface area contributed by atoms with E-state index < -0.39 is 0 Å². The first-order valence-corrected chi connectivity index (χ1v) is 6.32. The number of halogens is 1. The van der Waals surface area contributed by atoms with Gasteiger partial charge in [0.25, 0.3) is 0 Å². The highest BCUT2D eigenvalue weighted by Crippen LogP contribution is 2.18. The average molecular weight is 281 g/mol. The summed E-state index contributed by atoms with van der Waals surface area (Å²) >= 11 is 0. The van der Waals surface area contributed by atoms with Crippen molar-refractivity contribution in [2.45, 2.75) is 19.3 Å². The summed E-state index contributed by atoms with van der Waals surface area (Å²) in [6.45, 7) is 3.57. The predicted molar refractivity (Wildman–Crippen MR) is 72.9 cm³/mol. The van der Waals surface area contributed by atoms with E-state index in [9.17, 15) is 4.79 Å². The first-order chi connectivity index (χ1) is 8.27. The number of hydrogen-bond donors (Lipinski definition) is 1. The zero-order valence-electron chi connectivity index (χ0n) is 11.1. The van der Waals surface area contributed by atoms with E-state index >= 15 is 0 Å². The molecule has 0 spiro atoms. The summed E-state index contributed by atoms with van der Waals surface area (Å²) < 4.78 is 10.1. The van der Waals surface area contributed by atoms with Crippen molar-refractivity contribution >= 4 is 18.3 Å². The van der Waals surface area contributed by atoms with E-state index in [-0.39, 0.29) is 24.9 Å². The maximum Gasteiger partial charge on any atom is 0.248 e. The van der Waals surface area contributed by atoms with Crippen molar-refractivity contribution in [3.8, 4) is 0 Å². The molecule has 1 atom stereocenters. The molecule has 0 aromatic rings. The topological polar surface area (TPSA) is 64.8 Å². The first-order valence-electron chi connectivity index (χ1n) is 6.32. The highest BCUT2D eigenvalue weighted by atomic mass is 35.5. The zero-order valence-corrected chi connectivity index (χ0v) is 11.9. The van der Waals surface area contributed by atoms with Crippen LogP contribution in [0.2, 0.25) is 0 Å². The summed E-state index contributed by atoms with van der Waals surface area (Å²) in [4.78, 5) is 13.7. The van der Waals surface area contributed by atoms with Crippen LogP contribution in [0.15, 0.2) is 0 Å². The van der Waals surface area contributed by atoms with Gasteiger partial charge in [0.15, 0.2) is 0 Å². The summed E-state index contributed by atoms with van der Waals surface area (Å²) in [6, 6.07) is 0. The van der Waals surface area contributed by atoms with Crippen LogP contribution in [0.25, 0.3) is 0 Å². The van der Waals surface area contributed by atoms with Gasteiger partial charge in [-0.05, 0) is 31.7 Å². The van der Waals surface area contributed by atoms with Crippen LogP contribution in [-0.2, 0) is 14.3 Å². The van der Waals surface area contributed by atoms with Crippen molar-refractivity contribution in [2.75, 3.05) is 46.6 Å². The molecule has 1 fully saturated rings. The third-order valence-electron chi connectivity index (χ3n) is 3.10. The molecule has 0 aromatic carbocycles. The fourth-order valence-electron chi connectivity index (χ4n) is 2.16. The number of ether oxygens (including phenoxy) is 2. The van der Waals surface area contributed by atoms with Crippen LogP contribution in [0.4, 0.5) is 0 Å². The summed E-state index contributed by atoms with van der Waals surface area (Å²) in [6.07, 6.45) is 3.27. The third-order valence-corrected chi connectivity index (χ3v) is 3.10. The maximum atomic E-state index is 11.8.